The Kier molecular flexibility index (Phi) is 4.58. The standard InChI is InChI=1S/C18H21N5O2S/c1-2-8-23-17(25)20-21-18(23)26-11-16(24)22-9-7-15-13(10-22)12-5-3-4-6-14(12)19-15/h3-6,19H,2,7-11H2,1H3,(H,20,25). The average Bonchev–Trinajstić information content (AvgIpc) is 3.20. The predicted molar refractivity (Wildman–Crippen MR) is 101 cm³/mol. The normalized spacial score (nSPS) is 14.0. The Morgan fingerprint density at radius 3 is 3.04 bits per heavy atom. The Morgan fingerprint density at radius 1 is 1.35 bits per heavy atom. The van der Waals surface area contributed by atoms with E-state index < -0.39 is 0 Å². The number of nitrogens with one attached hydrogen (secondary N) is 2. The fourth-order valence-electron chi connectivity index (χ4n) is 3.43. The van der Waals surface area contributed by atoms with Gasteiger partial charge in [-0.05, 0) is 12.5 Å². The van der Waals surface area contributed by atoms with E-state index in [1.165, 1.54) is 28.4 Å². The Morgan fingerprint density at radius 2 is 2.19 bits per heavy atom. The number of H-pyrrole nitrogens is 2. The number of aromatic nitrogens is 4. The number of carbonyl (C=O) groups excluding carboxylic acids is 1. The van der Waals surface area contributed by atoms with Crippen LogP contribution in [0.25, 0.3) is 10.9 Å². The van der Waals surface area contributed by atoms with E-state index in [-0.39, 0.29) is 17.3 Å². The zero-order valence-electron chi connectivity index (χ0n) is 14.6. The predicted octanol–water partition coefficient (Wildman–Crippen LogP) is 2.14. The van der Waals surface area contributed by atoms with Gasteiger partial charge in [-0.25, -0.2) is 9.89 Å². The first-order chi connectivity index (χ1) is 12.7. The molecule has 0 aliphatic carbocycles. The number of hydrogen-bond acceptors (Lipinski definition) is 4. The third-order valence-electron chi connectivity index (χ3n) is 4.73. The molecule has 0 saturated carbocycles. The summed E-state index contributed by atoms with van der Waals surface area (Å²) in [6.45, 7) is 3.95. The average molecular weight is 371 g/mol. The number of carbonyl (C=O) groups is 1. The van der Waals surface area contributed by atoms with Gasteiger partial charge in [-0.15, -0.1) is 5.10 Å². The lowest BCUT2D eigenvalue weighted by Crippen LogP contribution is -2.37. The number of fused-ring (bicyclic) bond motifs is 3. The van der Waals surface area contributed by atoms with Gasteiger partial charge in [0, 0.05) is 48.2 Å². The Balaban J connectivity index is 1.46. The van der Waals surface area contributed by atoms with Crippen LogP contribution in [0.5, 0.6) is 0 Å². The Labute approximate surface area is 154 Å². The first-order valence-corrected chi connectivity index (χ1v) is 9.80. The van der Waals surface area contributed by atoms with Crippen molar-refractivity contribution in [1.82, 2.24) is 24.6 Å². The van der Waals surface area contributed by atoms with Gasteiger partial charge in [0.05, 0.1) is 5.75 Å². The van der Waals surface area contributed by atoms with Crippen LogP contribution in [0, 0.1) is 0 Å². The summed E-state index contributed by atoms with van der Waals surface area (Å²) in [6, 6.07) is 8.21. The quantitative estimate of drug-likeness (QED) is 0.673. The molecule has 1 aliphatic rings. The third-order valence-corrected chi connectivity index (χ3v) is 5.69. The molecule has 136 valence electrons. The minimum absolute atomic E-state index is 0.0735. The van der Waals surface area contributed by atoms with E-state index in [9.17, 15) is 9.59 Å². The van der Waals surface area contributed by atoms with Crippen LogP contribution in [-0.4, -0.2) is 42.9 Å². The molecule has 3 aromatic rings. The Hall–Kier alpha value is -2.48. The van der Waals surface area contributed by atoms with Crippen molar-refractivity contribution in [3.63, 3.8) is 0 Å². The van der Waals surface area contributed by atoms with Gasteiger partial charge in [0.2, 0.25) is 5.91 Å². The van der Waals surface area contributed by atoms with Gasteiger partial charge >= 0.3 is 5.69 Å². The van der Waals surface area contributed by atoms with Gasteiger partial charge < -0.3 is 9.88 Å². The zero-order chi connectivity index (χ0) is 18.1. The largest absolute Gasteiger partial charge is 0.358 e. The second kappa shape index (κ2) is 7.03. The van der Waals surface area contributed by atoms with Crippen LogP contribution >= 0.6 is 11.8 Å². The lowest BCUT2D eigenvalue weighted by Gasteiger charge is -2.27. The number of rotatable bonds is 5. The van der Waals surface area contributed by atoms with Crippen molar-refractivity contribution in [2.45, 2.75) is 38.0 Å². The van der Waals surface area contributed by atoms with Crippen molar-refractivity contribution in [3.8, 4) is 0 Å². The molecule has 3 heterocycles. The second-order valence-corrected chi connectivity index (χ2v) is 7.39. The highest BCUT2D eigenvalue weighted by molar-refractivity contribution is 7.99. The lowest BCUT2D eigenvalue weighted by molar-refractivity contribution is -0.129. The fourth-order valence-corrected chi connectivity index (χ4v) is 4.31. The molecule has 0 unspecified atom stereocenters. The maximum absolute atomic E-state index is 12.7. The number of aromatic amines is 2. The van der Waals surface area contributed by atoms with Crippen LogP contribution < -0.4 is 5.69 Å². The molecule has 1 aromatic carbocycles. The van der Waals surface area contributed by atoms with Crippen molar-refractivity contribution < 1.29 is 4.79 Å². The summed E-state index contributed by atoms with van der Waals surface area (Å²) < 4.78 is 1.59. The van der Waals surface area contributed by atoms with Crippen LogP contribution in [0.2, 0.25) is 0 Å². The molecule has 2 N–H and O–H groups in total. The minimum Gasteiger partial charge on any atom is -0.358 e. The van der Waals surface area contributed by atoms with E-state index in [1.54, 1.807) is 4.57 Å². The summed E-state index contributed by atoms with van der Waals surface area (Å²) in [5.41, 5.74) is 3.35. The van der Waals surface area contributed by atoms with Crippen LogP contribution in [0.15, 0.2) is 34.2 Å². The highest BCUT2D eigenvalue weighted by Crippen LogP contribution is 2.28. The van der Waals surface area contributed by atoms with Crippen LogP contribution in [0.3, 0.4) is 0 Å². The van der Waals surface area contributed by atoms with E-state index in [4.69, 9.17) is 0 Å². The highest BCUT2D eigenvalue weighted by atomic mass is 32.2. The Bertz CT molecular complexity index is 1000. The van der Waals surface area contributed by atoms with Crippen molar-refractivity contribution in [2.75, 3.05) is 12.3 Å². The monoisotopic (exact) mass is 371 g/mol. The van der Waals surface area contributed by atoms with E-state index in [1.807, 2.05) is 24.0 Å². The van der Waals surface area contributed by atoms with Crippen LogP contribution in [0.1, 0.15) is 24.6 Å². The molecule has 26 heavy (non-hydrogen) atoms. The minimum atomic E-state index is -0.219. The van der Waals surface area contributed by atoms with Gasteiger partial charge in [-0.1, -0.05) is 36.9 Å². The van der Waals surface area contributed by atoms with E-state index in [0.29, 0.717) is 24.8 Å². The van der Waals surface area contributed by atoms with E-state index in [0.717, 1.165) is 18.4 Å². The molecule has 2 aromatic heterocycles. The van der Waals surface area contributed by atoms with E-state index in [2.05, 4.69) is 27.3 Å². The van der Waals surface area contributed by atoms with Crippen molar-refractivity contribution in [3.05, 3.63) is 46.0 Å². The third kappa shape index (κ3) is 3.05. The fraction of sp³-hybridized carbons (Fsp3) is 0.389. The number of para-hydroxylation sites is 1. The summed E-state index contributed by atoms with van der Waals surface area (Å²) in [4.78, 5) is 29.8. The number of thioether (sulfide) groups is 1. The lowest BCUT2D eigenvalue weighted by atomic mass is 10.0. The zero-order valence-corrected chi connectivity index (χ0v) is 15.4. The topological polar surface area (TPSA) is 86.8 Å². The second-order valence-electron chi connectivity index (χ2n) is 6.44. The summed E-state index contributed by atoms with van der Waals surface area (Å²) >= 11 is 1.32. The SMILES string of the molecule is CCCn1c(SCC(=O)N2CCc3[nH]c4ccccc4c3C2)n[nH]c1=O. The molecule has 0 atom stereocenters. The smallest absolute Gasteiger partial charge is 0.343 e. The van der Waals surface area contributed by atoms with Crippen molar-refractivity contribution >= 4 is 28.6 Å². The number of nitrogens with zero attached hydrogens (tertiary/aromatic N) is 3. The maximum Gasteiger partial charge on any atom is 0.343 e. The molecular formula is C18H21N5O2S. The molecule has 0 saturated heterocycles. The van der Waals surface area contributed by atoms with Gasteiger partial charge in [-0.2, -0.15) is 0 Å². The van der Waals surface area contributed by atoms with Crippen molar-refractivity contribution in [1.29, 1.82) is 0 Å². The number of hydrogen-bond donors (Lipinski definition) is 2. The number of benzene rings is 1. The molecule has 7 nitrogen and oxygen atoms in total. The molecule has 1 aliphatic heterocycles. The van der Waals surface area contributed by atoms with Gasteiger partial charge in [0.25, 0.3) is 0 Å². The molecule has 0 radical (unpaired) electrons. The molecule has 0 bridgehead atoms. The number of amides is 1. The molecule has 4 rings (SSSR count). The molecule has 0 fully saturated rings. The van der Waals surface area contributed by atoms with Gasteiger partial charge in [-0.3, -0.25) is 9.36 Å². The molecular weight excluding hydrogens is 350 g/mol. The maximum atomic E-state index is 12.7. The van der Waals surface area contributed by atoms with Crippen LogP contribution in [-0.2, 0) is 24.3 Å². The molecule has 0 spiro atoms. The van der Waals surface area contributed by atoms with Crippen molar-refractivity contribution in [2.24, 2.45) is 0 Å². The summed E-state index contributed by atoms with van der Waals surface area (Å²) in [6.07, 6.45) is 1.68. The summed E-state index contributed by atoms with van der Waals surface area (Å²) in [5.74, 6) is 0.357. The summed E-state index contributed by atoms with van der Waals surface area (Å²) in [7, 11) is 0. The van der Waals surface area contributed by atoms with E-state index >= 15 is 0 Å². The van der Waals surface area contributed by atoms with Gasteiger partial charge in [0.15, 0.2) is 5.16 Å². The molecule has 1 amide bonds. The molecule has 8 heteroatoms. The highest BCUT2D eigenvalue weighted by Gasteiger charge is 2.24. The van der Waals surface area contributed by atoms with Gasteiger partial charge in [0.1, 0.15) is 0 Å². The first-order valence-electron chi connectivity index (χ1n) is 8.81. The van der Waals surface area contributed by atoms with Crippen LogP contribution in [0.4, 0.5) is 0 Å². The summed E-state index contributed by atoms with van der Waals surface area (Å²) in [5, 5.41) is 8.27. The first kappa shape index (κ1) is 17.0.